The van der Waals surface area contributed by atoms with Crippen LogP contribution in [0.4, 0.5) is 17.1 Å². The van der Waals surface area contributed by atoms with E-state index < -0.39 is 5.41 Å². The SMILES string of the molecule is c1ccc(-c2cc(-c3ccccc3)cc(-n3c4ccccc4c4cc(-c5cccc(-c6cccc(N(c7ccccc7)c7ccc8c(c7)-c7ccccc7C8(c7ccccc7)c7ccccc7)c6)c5)ccc43)c2)cc1. The summed E-state index contributed by atoms with van der Waals surface area (Å²) in [5.74, 6) is 0. The van der Waals surface area contributed by atoms with Crippen molar-refractivity contribution in [3.8, 4) is 61.3 Å². The highest BCUT2D eigenvalue weighted by atomic mass is 15.1. The molecule has 2 heteroatoms. The number of benzene rings is 12. The molecule has 14 rings (SSSR count). The molecule has 13 aromatic rings. The first-order valence-electron chi connectivity index (χ1n) is 25.9. The minimum Gasteiger partial charge on any atom is -0.310 e. The average Bonchev–Trinajstić information content (AvgIpc) is 4.04. The van der Waals surface area contributed by atoms with Crippen LogP contribution in [0.3, 0.4) is 0 Å². The van der Waals surface area contributed by atoms with Crippen molar-refractivity contribution in [2.24, 2.45) is 0 Å². The van der Waals surface area contributed by atoms with E-state index in [9.17, 15) is 0 Å². The Labute approximate surface area is 438 Å². The number of hydrogen-bond donors (Lipinski definition) is 0. The Morgan fingerprint density at radius 1 is 0.253 bits per heavy atom. The molecule has 0 N–H and O–H groups in total. The Hall–Kier alpha value is -9.76. The predicted molar refractivity (Wildman–Crippen MR) is 315 cm³/mol. The van der Waals surface area contributed by atoms with Crippen LogP contribution in [0, 0.1) is 0 Å². The molecule has 0 aliphatic heterocycles. The van der Waals surface area contributed by atoms with Gasteiger partial charge in [0.15, 0.2) is 0 Å². The van der Waals surface area contributed by atoms with Crippen LogP contribution in [0.2, 0.25) is 0 Å². The molecule has 2 nitrogen and oxygen atoms in total. The number of rotatable bonds is 10. The van der Waals surface area contributed by atoms with Crippen LogP contribution < -0.4 is 4.90 Å². The van der Waals surface area contributed by atoms with E-state index in [1.54, 1.807) is 0 Å². The minimum absolute atomic E-state index is 0.460. The number of para-hydroxylation sites is 2. The summed E-state index contributed by atoms with van der Waals surface area (Å²) in [5.41, 5.74) is 23.4. The van der Waals surface area contributed by atoms with Gasteiger partial charge in [0.25, 0.3) is 0 Å². The number of anilines is 3. The van der Waals surface area contributed by atoms with Crippen molar-refractivity contribution in [3.05, 3.63) is 326 Å². The van der Waals surface area contributed by atoms with Gasteiger partial charge >= 0.3 is 0 Å². The Morgan fingerprint density at radius 3 is 1.39 bits per heavy atom. The van der Waals surface area contributed by atoms with E-state index >= 15 is 0 Å². The number of aromatic nitrogens is 1. The predicted octanol–water partition coefficient (Wildman–Crippen LogP) is 19.3. The van der Waals surface area contributed by atoms with E-state index in [2.05, 4.69) is 313 Å². The van der Waals surface area contributed by atoms with Gasteiger partial charge in [-0.25, -0.2) is 0 Å². The molecule has 0 atom stereocenters. The maximum Gasteiger partial charge on any atom is 0.0713 e. The van der Waals surface area contributed by atoms with E-state index in [0.717, 1.165) is 33.9 Å². The van der Waals surface area contributed by atoms with Gasteiger partial charge < -0.3 is 9.47 Å². The lowest BCUT2D eigenvalue weighted by Gasteiger charge is -2.34. The monoisotopic (exact) mass is 954 g/mol. The van der Waals surface area contributed by atoms with Crippen LogP contribution in [0.15, 0.2) is 303 Å². The summed E-state index contributed by atoms with van der Waals surface area (Å²) >= 11 is 0. The Balaban J connectivity index is 0.860. The Morgan fingerprint density at radius 2 is 0.720 bits per heavy atom. The largest absolute Gasteiger partial charge is 0.310 e. The van der Waals surface area contributed by atoms with Gasteiger partial charge in [-0.05, 0) is 157 Å². The van der Waals surface area contributed by atoms with E-state index in [1.165, 1.54) is 88.6 Å². The topological polar surface area (TPSA) is 8.17 Å². The van der Waals surface area contributed by atoms with Crippen LogP contribution in [0.25, 0.3) is 83.1 Å². The molecule has 0 unspecified atom stereocenters. The maximum atomic E-state index is 2.44. The fourth-order valence-electron chi connectivity index (χ4n) is 12.1. The summed E-state index contributed by atoms with van der Waals surface area (Å²) in [6, 6.07) is 111. The third-order valence-corrected chi connectivity index (χ3v) is 15.4. The third kappa shape index (κ3) is 7.49. The van der Waals surface area contributed by atoms with Crippen molar-refractivity contribution in [2.45, 2.75) is 5.41 Å². The number of hydrogen-bond acceptors (Lipinski definition) is 1. The fraction of sp³-hybridized carbons (Fsp3) is 0.0137. The second-order valence-electron chi connectivity index (χ2n) is 19.6. The minimum atomic E-state index is -0.460. The van der Waals surface area contributed by atoms with Crippen LogP contribution in [-0.4, -0.2) is 4.57 Å². The normalized spacial score (nSPS) is 12.4. The zero-order valence-electron chi connectivity index (χ0n) is 41.3. The molecule has 1 aromatic heterocycles. The van der Waals surface area contributed by atoms with Crippen molar-refractivity contribution >= 4 is 38.9 Å². The van der Waals surface area contributed by atoms with Gasteiger partial charge in [0.1, 0.15) is 0 Å². The van der Waals surface area contributed by atoms with Gasteiger partial charge in [-0.1, -0.05) is 224 Å². The number of nitrogens with zero attached hydrogens (tertiary/aromatic N) is 2. The summed E-state index contributed by atoms with van der Waals surface area (Å²) in [6.45, 7) is 0. The lowest BCUT2D eigenvalue weighted by Crippen LogP contribution is -2.28. The summed E-state index contributed by atoms with van der Waals surface area (Å²) in [5, 5.41) is 2.45. The van der Waals surface area contributed by atoms with Gasteiger partial charge in [-0.3, -0.25) is 0 Å². The molecule has 0 amide bonds. The molecule has 75 heavy (non-hydrogen) atoms. The van der Waals surface area contributed by atoms with Gasteiger partial charge in [-0.2, -0.15) is 0 Å². The van der Waals surface area contributed by atoms with E-state index in [-0.39, 0.29) is 0 Å². The summed E-state index contributed by atoms with van der Waals surface area (Å²) in [7, 11) is 0. The molecule has 0 radical (unpaired) electrons. The first kappa shape index (κ1) is 44.0. The van der Waals surface area contributed by atoms with Crippen molar-refractivity contribution in [1.29, 1.82) is 0 Å². The first-order valence-corrected chi connectivity index (χ1v) is 25.9. The molecule has 1 aliphatic carbocycles. The van der Waals surface area contributed by atoms with Crippen LogP contribution in [-0.2, 0) is 5.41 Å². The van der Waals surface area contributed by atoms with Gasteiger partial charge in [0, 0.05) is 33.5 Å². The standard InChI is InChI=1S/C73H50N2/c1-6-22-51(23-7-1)57-45-58(52-24-8-2-9-25-52)48-64(47-57)75-71-39-19-17-37-66(71)68-49-56(40-43-72(68)75)54-27-20-26-53(44-54)55-28-21-35-62(46-55)74(61-33-14-5-15-34-61)63-41-42-70-67(50-63)65-36-16-18-38-69(65)73(70,59-29-10-3-11-30-59)60-31-12-4-13-32-60/h1-50H. The summed E-state index contributed by atoms with van der Waals surface area (Å²) < 4.78 is 2.44. The molecule has 0 bridgehead atoms. The van der Waals surface area contributed by atoms with Crippen LogP contribution in [0.5, 0.6) is 0 Å². The summed E-state index contributed by atoms with van der Waals surface area (Å²) in [6.07, 6.45) is 0. The Kier molecular flexibility index (Phi) is 10.8. The lowest BCUT2D eigenvalue weighted by molar-refractivity contribution is 0.768. The zero-order valence-corrected chi connectivity index (χ0v) is 41.3. The molecule has 1 aliphatic rings. The van der Waals surface area contributed by atoms with Gasteiger partial charge in [0.2, 0.25) is 0 Å². The van der Waals surface area contributed by atoms with Gasteiger partial charge in [-0.15, -0.1) is 0 Å². The zero-order chi connectivity index (χ0) is 49.7. The molecule has 1 heterocycles. The second kappa shape index (κ2) is 18.4. The number of fused-ring (bicyclic) bond motifs is 6. The van der Waals surface area contributed by atoms with Gasteiger partial charge in [0.05, 0.1) is 16.4 Å². The van der Waals surface area contributed by atoms with Crippen molar-refractivity contribution < 1.29 is 0 Å². The first-order chi connectivity index (χ1) is 37.2. The van der Waals surface area contributed by atoms with E-state index in [0.29, 0.717) is 0 Å². The highest BCUT2D eigenvalue weighted by molar-refractivity contribution is 6.10. The molecular weight excluding hydrogens is 905 g/mol. The molecular formula is C73H50N2. The van der Waals surface area contributed by atoms with Crippen LogP contribution >= 0.6 is 0 Å². The smallest absolute Gasteiger partial charge is 0.0713 e. The second-order valence-corrected chi connectivity index (χ2v) is 19.6. The Bertz CT molecular complexity index is 4120. The fourth-order valence-corrected chi connectivity index (χ4v) is 12.1. The van der Waals surface area contributed by atoms with Crippen LogP contribution in [0.1, 0.15) is 22.3 Å². The molecule has 0 spiro atoms. The highest BCUT2D eigenvalue weighted by Gasteiger charge is 2.46. The lowest BCUT2D eigenvalue weighted by atomic mass is 9.68. The molecule has 0 saturated carbocycles. The summed E-state index contributed by atoms with van der Waals surface area (Å²) in [4.78, 5) is 2.41. The third-order valence-electron chi connectivity index (χ3n) is 15.4. The van der Waals surface area contributed by atoms with E-state index in [1.807, 2.05) is 0 Å². The average molecular weight is 955 g/mol. The molecule has 352 valence electrons. The van der Waals surface area contributed by atoms with E-state index in [4.69, 9.17) is 0 Å². The maximum absolute atomic E-state index is 2.44. The highest BCUT2D eigenvalue weighted by Crippen LogP contribution is 2.57. The molecule has 0 fully saturated rings. The van der Waals surface area contributed by atoms with Crippen molar-refractivity contribution in [1.82, 2.24) is 4.57 Å². The van der Waals surface area contributed by atoms with Crippen molar-refractivity contribution in [3.63, 3.8) is 0 Å². The van der Waals surface area contributed by atoms with Crippen molar-refractivity contribution in [2.75, 3.05) is 4.90 Å². The quantitative estimate of drug-likeness (QED) is 0.133. The molecule has 12 aromatic carbocycles. The molecule has 0 saturated heterocycles.